The Labute approximate surface area is 148 Å². The van der Waals surface area contributed by atoms with E-state index in [1.54, 1.807) is 12.3 Å². The van der Waals surface area contributed by atoms with Crippen molar-refractivity contribution < 1.29 is 9.26 Å². The van der Waals surface area contributed by atoms with E-state index >= 15 is 0 Å². The lowest BCUT2D eigenvalue weighted by atomic mass is 10.1. The molecule has 2 aromatic carbocycles. The number of aromatic nitrogens is 4. The maximum absolute atomic E-state index is 9.10. The highest BCUT2D eigenvalue weighted by Crippen LogP contribution is 2.30. The van der Waals surface area contributed by atoms with Gasteiger partial charge in [0.25, 0.3) is 0 Å². The molecule has 2 aromatic heterocycles. The van der Waals surface area contributed by atoms with Crippen LogP contribution in [0.3, 0.4) is 0 Å². The number of hydrogen-bond donors (Lipinski definition) is 1. The molecule has 26 heavy (non-hydrogen) atoms. The molecule has 126 valence electrons. The van der Waals surface area contributed by atoms with Crippen LogP contribution in [0.2, 0.25) is 0 Å². The molecule has 0 aliphatic rings. The van der Waals surface area contributed by atoms with Crippen molar-refractivity contribution in [2.24, 2.45) is 0 Å². The summed E-state index contributed by atoms with van der Waals surface area (Å²) in [5.74, 6) is 1.35. The number of nitrogens with zero attached hydrogens (tertiary/aromatic N) is 4. The average molecular weight is 343 g/mol. The Morgan fingerprint density at radius 3 is 2.85 bits per heavy atom. The predicted molar refractivity (Wildman–Crippen MR) is 92.8 cm³/mol. The molecule has 0 unspecified atom stereocenters. The third kappa shape index (κ3) is 3.03. The van der Waals surface area contributed by atoms with E-state index in [1.807, 2.05) is 54.6 Å². The van der Waals surface area contributed by atoms with E-state index in [2.05, 4.69) is 20.6 Å². The van der Waals surface area contributed by atoms with Crippen LogP contribution >= 0.6 is 0 Å². The number of H-pyrrole nitrogens is 1. The summed E-state index contributed by atoms with van der Waals surface area (Å²) in [6.07, 6.45) is 1.60. The van der Waals surface area contributed by atoms with Crippen molar-refractivity contribution >= 4 is 0 Å². The first-order chi connectivity index (χ1) is 12.8. The molecule has 4 aromatic rings. The van der Waals surface area contributed by atoms with Gasteiger partial charge in [-0.25, -0.2) is 0 Å². The second-order valence-electron chi connectivity index (χ2n) is 5.49. The highest BCUT2D eigenvalue weighted by atomic mass is 16.5. The van der Waals surface area contributed by atoms with Crippen molar-refractivity contribution in [3.05, 3.63) is 72.1 Å². The number of para-hydroxylation sites is 1. The van der Waals surface area contributed by atoms with Gasteiger partial charge >= 0.3 is 0 Å². The Morgan fingerprint density at radius 2 is 2.00 bits per heavy atom. The van der Waals surface area contributed by atoms with Crippen molar-refractivity contribution in [1.82, 2.24) is 20.6 Å². The van der Waals surface area contributed by atoms with Crippen molar-refractivity contribution in [3.8, 4) is 34.4 Å². The van der Waals surface area contributed by atoms with E-state index in [9.17, 15) is 0 Å². The van der Waals surface area contributed by atoms with Gasteiger partial charge in [-0.15, -0.1) is 5.10 Å². The summed E-state index contributed by atoms with van der Waals surface area (Å²) in [5, 5.41) is 23.2. The normalized spacial score (nSPS) is 10.4. The number of nitrogens with one attached hydrogen (secondary N) is 1. The predicted octanol–water partition coefficient (Wildman–Crippen LogP) is 3.58. The van der Waals surface area contributed by atoms with E-state index in [0.29, 0.717) is 23.8 Å². The van der Waals surface area contributed by atoms with E-state index in [4.69, 9.17) is 14.5 Å². The molecule has 0 saturated carbocycles. The molecule has 0 aliphatic carbocycles. The number of rotatable bonds is 5. The van der Waals surface area contributed by atoms with Gasteiger partial charge in [0, 0.05) is 11.6 Å². The lowest BCUT2D eigenvalue weighted by Crippen LogP contribution is -1.97. The second kappa shape index (κ2) is 6.91. The monoisotopic (exact) mass is 343 g/mol. The van der Waals surface area contributed by atoms with Crippen LogP contribution in [0.1, 0.15) is 11.3 Å². The highest BCUT2D eigenvalue weighted by Gasteiger charge is 2.12. The lowest BCUT2D eigenvalue weighted by molar-refractivity contribution is 0.306. The fourth-order valence-electron chi connectivity index (χ4n) is 2.63. The summed E-state index contributed by atoms with van der Waals surface area (Å²) >= 11 is 0. The summed E-state index contributed by atoms with van der Waals surface area (Å²) < 4.78 is 11.2. The molecule has 7 nitrogen and oxygen atoms in total. The number of nitriles is 1. The van der Waals surface area contributed by atoms with Gasteiger partial charge in [0.1, 0.15) is 24.1 Å². The summed E-state index contributed by atoms with van der Waals surface area (Å²) in [4.78, 5) is 0. The zero-order valence-corrected chi connectivity index (χ0v) is 13.6. The molecule has 1 N–H and O–H groups in total. The van der Waals surface area contributed by atoms with Crippen LogP contribution < -0.4 is 4.74 Å². The minimum atomic E-state index is 0.263. The summed E-state index contributed by atoms with van der Waals surface area (Å²) in [5.41, 5.74) is 3.38. The average Bonchev–Trinajstić information content (AvgIpc) is 3.38. The SMILES string of the molecule is N#Cc1n[nH]nc1-c1cccc(COc2ccccc2-c2ccno2)c1. The van der Waals surface area contributed by atoms with Crippen LogP contribution in [0.25, 0.3) is 22.6 Å². The molecular weight excluding hydrogens is 330 g/mol. The number of benzene rings is 2. The summed E-state index contributed by atoms with van der Waals surface area (Å²) in [6, 6.07) is 19.1. The molecule has 0 amide bonds. The smallest absolute Gasteiger partial charge is 0.190 e. The van der Waals surface area contributed by atoms with Crippen LogP contribution in [-0.4, -0.2) is 20.6 Å². The Hall–Kier alpha value is -3.92. The molecule has 4 rings (SSSR count). The summed E-state index contributed by atoms with van der Waals surface area (Å²) in [6.45, 7) is 0.360. The molecule has 0 aliphatic heterocycles. The van der Waals surface area contributed by atoms with Crippen LogP contribution in [0.5, 0.6) is 5.75 Å². The Balaban J connectivity index is 1.57. The molecule has 0 saturated heterocycles. The third-order valence-electron chi connectivity index (χ3n) is 3.84. The second-order valence-corrected chi connectivity index (χ2v) is 5.49. The van der Waals surface area contributed by atoms with Crippen LogP contribution in [0.15, 0.2) is 65.3 Å². The van der Waals surface area contributed by atoms with Gasteiger partial charge in [-0.1, -0.05) is 35.5 Å². The highest BCUT2D eigenvalue weighted by molar-refractivity contribution is 5.66. The van der Waals surface area contributed by atoms with Gasteiger partial charge in [0.2, 0.25) is 0 Å². The van der Waals surface area contributed by atoms with Crippen LogP contribution in [0, 0.1) is 11.3 Å². The minimum Gasteiger partial charge on any atom is -0.488 e. The molecule has 7 heteroatoms. The van der Waals surface area contributed by atoms with Crippen LogP contribution in [-0.2, 0) is 6.61 Å². The third-order valence-corrected chi connectivity index (χ3v) is 3.84. The van der Waals surface area contributed by atoms with Crippen molar-refractivity contribution in [2.75, 3.05) is 0 Å². The van der Waals surface area contributed by atoms with E-state index in [1.165, 1.54) is 0 Å². The van der Waals surface area contributed by atoms with Gasteiger partial charge in [0.05, 0.1) is 11.8 Å². The van der Waals surface area contributed by atoms with Crippen molar-refractivity contribution in [3.63, 3.8) is 0 Å². The summed E-state index contributed by atoms with van der Waals surface area (Å²) in [7, 11) is 0. The van der Waals surface area contributed by atoms with Crippen molar-refractivity contribution in [1.29, 1.82) is 5.26 Å². The molecule has 0 spiro atoms. The van der Waals surface area contributed by atoms with Crippen molar-refractivity contribution in [2.45, 2.75) is 6.61 Å². The minimum absolute atomic E-state index is 0.263. The van der Waals surface area contributed by atoms with Gasteiger partial charge in [-0.2, -0.15) is 15.6 Å². The van der Waals surface area contributed by atoms with E-state index < -0.39 is 0 Å². The maximum Gasteiger partial charge on any atom is 0.190 e. The number of hydrogen-bond acceptors (Lipinski definition) is 6. The number of ether oxygens (including phenoxy) is 1. The fourth-order valence-corrected chi connectivity index (χ4v) is 2.63. The molecule has 0 radical (unpaired) electrons. The Bertz CT molecular complexity index is 1060. The van der Waals surface area contributed by atoms with Gasteiger partial charge in [-0.3, -0.25) is 0 Å². The fraction of sp³-hybridized carbons (Fsp3) is 0.0526. The maximum atomic E-state index is 9.10. The zero-order chi connectivity index (χ0) is 17.8. The molecule has 2 heterocycles. The lowest BCUT2D eigenvalue weighted by Gasteiger charge is -2.10. The first-order valence-electron chi connectivity index (χ1n) is 7.88. The van der Waals surface area contributed by atoms with E-state index in [0.717, 1.165) is 16.7 Å². The largest absolute Gasteiger partial charge is 0.488 e. The number of aromatic amines is 1. The topological polar surface area (TPSA) is 101 Å². The zero-order valence-electron chi connectivity index (χ0n) is 13.6. The first kappa shape index (κ1) is 15.6. The first-order valence-corrected chi connectivity index (χ1v) is 7.88. The Morgan fingerprint density at radius 1 is 1.08 bits per heavy atom. The van der Waals surface area contributed by atoms with Gasteiger partial charge < -0.3 is 9.26 Å². The Kier molecular flexibility index (Phi) is 4.14. The molecule has 0 atom stereocenters. The molecule has 0 fully saturated rings. The molecular formula is C19H13N5O2. The van der Waals surface area contributed by atoms with Crippen LogP contribution in [0.4, 0.5) is 0 Å². The van der Waals surface area contributed by atoms with Gasteiger partial charge in [-0.05, 0) is 23.8 Å². The van der Waals surface area contributed by atoms with E-state index in [-0.39, 0.29) is 5.69 Å². The quantitative estimate of drug-likeness (QED) is 0.594. The molecule has 0 bridgehead atoms. The standard InChI is InChI=1S/C19H13N5O2/c20-11-16-19(23-24-22-16)14-5-3-4-13(10-14)12-25-17-7-2-1-6-15(17)18-8-9-21-26-18/h1-10H,12H2,(H,22,23,24). The van der Waals surface area contributed by atoms with Gasteiger partial charge in [0.15, 0.2) is 11.5 Å².